The van der Waals surface area contributed by atoms with E-state index >= 15 is 0 Å². The minimum absolute atomic E-state index is 0.0160. The normalized spacial score (nSPS) is 11.2. The molecular weight excluding hydrogens is 373 g/mol. The predicted molar refractivity (Wildman–Crippen MR) is 87.4 cm³/mol. The van der Waals surface area contributed by atoms with Crippen LogP contribution in [-0.2, 0) is 11.0 Å². The summed E-state index contributed by atoms with van der Waals surface area (Å²) in [5.74, 6) is -0.342. The Morgan fingerprint density at radius 3 is 2.26 bits per heavy atom. The van der Waals surface area contributed by atoms with Crippen LogP contribution in [0, 0.1) is 6.92 Å². The smallest absolute Gasteiger partial charge is 0.376 e. The molecule has 2 aromatic rings. The predicted octanol–water partition coefficient (Wildman–Crippen LogP) is 4.83. The number of benzene rings is 2. The average molecular weight is 387 g/mol. The van der Waals surface area contributed by atoms with Gasteiger partial charge in [-0.25, -0.2) is 0 Å². The molecule has 0 atom stereocenters. The van der Waals surface area contributed by atoms with E-state index in [1.54, 1.807) is 0 Å². The molecule has 2 rings (SSSR count). The molecule has 122 valence electrons. The highest BCUT2D eigenvalue weighted by molar-refractivity contribution is 9.10. The van der Waals surface area contributed by atoms with Gasteiger partial charge in [0, 0.05) is 15.8 Å². The van der Waals surface area contributed by atoms with Crippen LogP contribution in [0.5, 0.6) is 0 Å². The first-order valence-corrected chi connectivity index (χ1v) is 7.52. The van der Waals surface area contributed by atoms with Crippen molar-refractivity contribution in [3.63, 3.8) is 0 Å². The molecule has 0 spiro atoms. The second-order valence-corrected chi connectivity index (χ2v) is 5.80. The summed E-state index contributed by atoms with van der Waals surface area (Å²) in [6.45, 7) is 1.94. The van der Waals surface area contributed by atoms with Crippen molar-refractivity contribution in [2.75, 3.05) is 17.2 Å². The van der Waals surface area contributed by atoms with E-state index in [9.17, 15) is 18.0 Å². The number of carbonyl (C=O) groups is 1. The highest BCUT2D eigenvalue weighted by Crippen LogP contribution is 2.29. The first-order chi connectivity index (χ1) is 10.8. The third-order valence-electron chi connectivity index (χ3n) is 3.11. The number of halogens is 4. The fourth-order valence-electron chi connectivity index (χ4n) is 1.88. The van der Waals surface area contributed by atoms with Crippen LogP contribution in [0.1, 0.15) is 11.1 Å². The highest BCUT2D eigenvalue weighted by Gasteiger charge is 2.29. The van der Waals surface area contributed by atoms with Crippen LogP contribution < -0.4 is 10.6 Å². The van der Waals surface area contributed by atoms with Gasteiger partial charge in [-0.1, -0.05) is 15.9 Å². The van der Waals surface area contributed by atoms with Crippen LogP contribution in [0.4, 0.5) is 24.5 Å². The van der Waals surface area contributed by atoms with E-state index in [2.05, 4.69) is 26.6 Å². The van der Waals surface area contributed by atoms with Crippen molar-refractivity contribution in [1.82, 2.24) is 0 Å². The summed E-state index contributed by atoms with van der Waals surface area (Å²) in [7, 11) is 0. The van der Waals surface area contributed by atoms with Crippen LogP contribution in [-0.4, -0.2) is 12.5 Å². The minimum Gasteiger partial charge on any atom is -0.376 e. The topological polar surface area (TPSA) is 41.1 Å². The summed E-state index contributed by atoms with van der Waals surface area (Å²) < 4.78 is 38.3. The first-order valence-electron chi connectivity index (χ1n) is 6.73. The average Bonchev–Trinajstić information content (AvgIpc) is 2.48. The van der Waals surface area contributed by atoms with Gasteiger partial charge in [-0.05, 0) is 55.0 Å². The molecule has 0 aromatic heterocycles. The number of nitrogens with one attached hydrogen (secondary N) is 2. The molecule has 3 nitrogen and oxygen atoms in total. The van der Waals surface area contributed by atoms with Crippen LogP contribution >= 0.6 is 15.9 Å². The number of rotatable bonds is 4. The van der Waals surface area contributed by atoms with Gasteiger partial charge in [-0.3, -0.25) is 4.79 Å². The summed E-state index contributed by atoms with van der Waals surface area (Å²) in [4.78, 5) is 11.8. The molecule has 1 amide bonds. The summed E-state index contributed by atoms with van der Waals surface area (Å²) in [6.07, 6.45) is -4.39. The number of alkyl halides is 3. The monoisotopic (exact) mass is 386 g/mol. The van der Waals surface area contributed by atoms with E-state index in [0.717, 1.165) is 27.9 Å². The third kappa shape index (κ3) is 4.99. The van der Waals surface area contributed by atoms with E-state index in [1.807, 2.05) is 25.1 Å². The number of anilines is 2. The lowest BCUT2D eigenvalue weighted by molar-refractivity contribution is -0.137. The van der Waals surface area contributed by atoms with Crippen molar-refractivity contribution >= 4 is 33.2 Å². The van der Waals surface area contributed by atoms with Crippen molar-refractivity contribution in [2.24, 2.45) is 0 Å². The standard InChI is InChI=1S/C16H14BrF3N2O/c1-10-8-13(6-7-14(10)17)21-9-15(23)22-12-4-2-11(3-5-12)16(18,19)20/h2-8,21H,9H2,1H3,(H,22,23). The number of hydrogen-bond donors (Lipinski definition) is 2. The lowest BCUT2D eigenvalue weighted by atomic mass is 10.2. The molecule has 0 fully saturated rings. The zero-order chi connectivity index (χ0) is 17.0. The van der Waals surface area contributed by atoms with Crippen molar-refractivity contribution in [3.05, 3.63) is 58.1 Å². The summed E-state index contributed by atoms with van der Waals surface area (Å²) in [5.41, 5.74) is 1.38. The number of carbonyl (C=O) groups excluding carboxylic acids is 1. The van der Waals surface area contributed by atoms with Crippen molar-refractivity contribution in [3.8, 4) is 0 Å². The van der Waals surface area contributed by atoms with E-state index < -0.39 is 11.7 Å². The zero-order valence-corrected chi connectivity index (χ0v) is 13.8. The van der Waals surface area contributed by atoms with Gasteiger partial charge < -0.3 is 10.6 Å². The van der Waals surface area contributed by atoms with Crippen LogP contribution in [0.3, 0.4) is 0 Å². The van der Waals surface area contributed by atoms with Gasteiger partial charge in [-0.2, -0.15) is 13.2 Å². The van der Waals surface area contributed by atoms with Gasteiger partial charge >= 0.3 is 6.18 Å². The molecule has 0 saturated carbocycles. The van der Waals surface area contributed by atoms with Gasteiger partial charge in [0.15, 0.2) is 0 Å². The van der Waals surface area contributed by atoms with Crippen molar-refractivity contribution in [2.45, 2.75) is 13.1 Å². The third-order valence-corrected chi connectivity index (χ3v) is 4.00. The van der Waals surface area contributed by atoms with Gasteiger partial charge in [-0.15, -0.1) is 0 Å². The first kappa shape index (κ1) is 17.3. The molecule has 0 aliphatic carbocycles. The largest absolute Gasteiger partial charge is 0.416 e. The second kappa shape index (κ2) is 7.04. The Morgan fingerprint density at radius 2 is 1.70 bits per heavy atom. The fourth-order valence-corrected chi connectivity index (χ4v) is 2.13. The van der Waals surface area contributed by atoms with E-state index in [-0.39, 0.29) is 12.5 Å². The van der Waals surface area contributed by atoms with Gasteiger partial charge in [0.2, 0.25) is 5.91 Å². The Labute approximate surface area is 140 Å². The van der Waals surface area contributed by atoms with E-state index in [0.29, 0.717) is 5.69 Å². The molecule has 0 aliphatic rings. The molecule has 0 heterocycles. The molecule has 0 aliphatic heterocycles. The molecule has 0 unspecified atom stereocenters. The molecule has 2 aromatic carbocycles. The van der Waals surface area contributed by atoms with Crippen molar-refractivity contribution in [1.29, 1.82) is 0 Å². The maximum atomic E-state index is 12.5. The molecular formula is C16H14BrF3N2O. The Hall–Kier alpha value is -2.02. The molecule has 23 heavy (non-hydrogen) atoms. The fraction of sp³-hybridized carbons (Fsp3) is 0.188. The van der Waals surface area contributed by atoms with Crippen LogP contribution in [0.2, 0.25) is 0 Å². The summed E-state index contributed by atoms with van der Waals surface area (Å²) >= 11 is 3.39. The second-order valence-electron chi connectivity index (χ2n) is 4.94. The SMILES string of the molecule is Cc1cc(NCC(=O)Nc2ccc(C(F)(F)F)cc2)ccc1Br. The van der Waals surface area contributed by atoms with E-state index in [1.165, 1.54) is 12.1 Å². The maximum Gasteiger partial charge on any atom is 0.416 e. The van der Waals surface area contributed by atoms with Gasteiger partial charge in [0.25, 0.3) is 0 Å². The Kier molecular flexibility index (Phi) is 5.30. The number of hydrogen-bond acceptors (Lipinski definition) is 2. The van der Waals surface area contributed by atoms with Gasteiger partial charge in [0.1, 0.15) is 0 Å². The Morgan fingerprint density at radius 1 is 1.09 bits per heavy atom. The number of aryl methyl sites for hydroxylation is 1. The quantitative estimate of drug-likeness (QED) is 0.790. The summed E-state index contributed by atoms with van der Waals surface area (Å²) in [6, 6.07) is 9.89. The van der Waals surface area contributed by atoms with Crippen LogP contribution in [0.25, 0.3) is 0 Å². The van der Waals surface area contributed by atoms with E-state index in [4.69, 9.17) is 0 Å². The maximum absolute atomic E-state index is 12.5. The Balaban J connectivity index is 1.90. The molecule has 7 heteroatoms. The Bertz CT molecular complexity index is 699. The molecule has 0 bridgehead atoms. The van der Waals surface area contributed by atoms with Crippen molar-refractivity contribution < 1.29 is 18.0 Å². The summed E-state index contributed by atoms with van der Waals surface area (Å²) in [5, 5.41) is 5.49. The minimum atomic E-state index is -4.39. The highest BCUT2D eigenvalue weighted by atomic mass is 79.9. The number of amides is 1. The molecule has 0 radical (unpaired) electrons. The van der Waals surface area contributed by atoms with Crippen LogP contribution in [0.15, 0.2) is 46.9 Å². The van der Waals surface area contributed by atoms with Gasteiger partial charge in [0.05, 0.1) is 12.1 Å². The molecule has 2 N–H and O–H groups in total. The lowest BCUT2D eigenvalue weighted by Gasteiger charge is -2.10. The zero-order valence-electron chi connectivity index (χ0n) is 12.2. The molecule has 0 saturated heterocycles. The lowest BCUT2D eigenvalue weighted by Crippen LogP contribution is -2.21.